The van der Waals surface area contributed by atoms with Crippen LogP contribution in [-0.2, 0) is 11.3 Å². The maximum absolute atomic E-state index is 11.8. The summed E-state index contributed by atoms with van der Waals surface area (Å²) in [6, 6.07) is 5.30. The number of nitrogens with two attached hydrogens (primary N) is 1. The highest BCUT2D eigenvalue weighted by Crippen LogP contribution is 2.18. The Kier molecular flexibility index (Phi) is 3.39. The third-order valence-electron chi connectivity index (χ3n) is 2.35. The number of nitrogen functional groups attached to an aromatic ring is 1. The van der Waals surface area contributed by atoms with E-state index < -0.39 is 5.97 Å². The summed E-state index contributed by atoms with van der Waals surface area (Å²) in [6.07, 6.45) is 1.68. The van der Waals surface area contributed by atoms with Gasteiger partial charge in [-0.3, -0.25) is 0 Å². The maximum Gasteiger partial charge on any atom is 0.340 e. The zero-order valence-corrected chi connectivity index (χ0v) is 10.2. The zero-order chi connectivity index (χ0) is 12.3. The number of hydrogen-bond donors (Lipinski definition) is 1. The van der Waals surface area contributed by atoms with Gasteiger partial charge in [0.1, 0.15) is 11.6 Å². The van der Waals surface area contributed by atoms with Crippen molar-refractivity contribution in [2.75, 3.05) is 5.73 Å². The Balaban J connectivity index is 2.07. The molecule has 0 spiro atoms. The first kappa shape index (κ1) is 11.6. The average molecular weight is 248 g/mol. The lowest BCUT2D eigenvalue weighted by atomic mass is 10.1. The molecule has 0 unspecified atom stereocenters. The summed E-state index contributed by atoms with van der Waals surface area (Å²) < 4.78 is 5.14. The Morgan fingerprint density at radius 3 is 3.06 bits per heavy atom. The molecule has 1 aromatic heterocycles. The Hall–Kier alpha value is -1.88. The van der Waals surface area contributed by atoms with Crippen LogP contribution in [0.15, 0.2) is 29.8 Å². The minimum absolute atomic E-state index is 0.184. The molecule has 2 aromatic rings. The van der Waals surface area contributed by atoms with Gasteiger partial charge in [0.2, 0.25) is 0 Å². The van der Waals surface area contributed by atoms with Crippen molar-refractivity contribution in [1.82, 2.24) is 4.98 Å². The standard InChI is InChI=1S/C12H12N2O2S/c1-8-3-2-4-9(11(8)13)12(15)16-7-10-14-5-6-17-10/h2-6H,7,13H2,1H3. The highest BCUT2D eigenvalue weighted by molar-refractivity contribution is 7.09. The van der Waals surface area contributed by atoms with Gasteiger partial charge in [-0.15, -0.1) is 11.3 Å². The van der Waals surface area contributed by atoms with Gasteiger partial charge in [-0.25, -0.2) is 9.78 Å². The highest BCUT2D eigenvalue weighted by Gasteiger charge is 2.12. The first-order chi connectivity index (χ1) is 8.18. The van der Waals surface area contributed by atoms with Crippen LogP contribution in [-0.4, -0.2) is 11.0 Å². The lowest BCUT2D eigenvalue weighted by Gasteiger charge is -2.07. The SMILES string of the molecule is Cc1cccc(C(=O)OCc2nccs2)c1N. The van der Waals surface area contributed by atoms with Crippen LogP contribution >= 0.6 is 11.3 Å². The van der Waals surface area contributed by atoms with E-state index in [1.54, 1.807) is 18.3 Å². The molecule has 5 heteroatoms. The Bertz CT molecular complexity index is 523. The number of aryl methyl sites for hydroxylation is 1. The molecule has 0 fully saturated rings. The highest BCUT2D eigenvalue weighted by atomic mass is 32.1. The molecule has 0 atom stereocenters. The van der Waals surface area contributed by atoms with Gasteiger partial charge in [0.05, 0.1) is 5.56 Å². The van der Waals surface area contributed by atoms with E-state index in [4.69, 9.17) is 10.5 Å². The van der Waals surface area contributed by atoms with Crippen LogP contribution in [0.2, 0.25) is 0 Å². The first-order valence-electron chi connectivity index (χ1n) is 5.09. The van der Waals surface area contributed by atoms with E-state index in [1.807, 2.05) is 18.4 Å². The second-order valence-electron chi connectivity index (χ2n) is 3.54. The van der Waals surface area contributed by atoms with E-state index in [0.29, 0.717) is 11.3 Å². The number of anilines is 1. The molecule has 2 N–H and O–H groups in total. The molecule has 0 saturated heterocycles. The van der Waals surface area contributed by atoms with Crippen molar-refractivity contribution < 1.29 is 9.53 Å². The summed E-state index contributed by atoms with van der Waals surface area (Å²) >= 11 is 1.45. The second kappa shape index (κ2) is 4.97. The summed E-state index contributed by atoms with van der Waals surface area (Å²) in [6.45, 7) is 2.04. The van der Waals surface area contributed by atoms with Gasteiger partial charge in [0, 0.05) is 17.3 Å². The lowest BCUT2D eigenvalue weighted by Crippen LogP contribution is -2.09. The van der Waals surface area contributed by atoms with Crippen molar-refractivity contribution in [3.8, 4) is 0 Å². The maximum atomic E-state index is 11.8. The number of benzene rings is 1. The van der Waals surface area contributed by atoms with E-state index in [1.165, 1.54) is 11.3 Å². The van der Waals surface area contributed by atoms with E-state index >= 15 is 0 Å². The van der Waals surface area contributed by atoms with E-state index in [2.05, 4.69) is 4.98 Å². The number of para-hydroxylation sites is 1. The van der Waals surface area contributed by atoms with E-state index in [-0.39, 0.29) is 6.61 Å². The monoisotopic (exact) mass is 248 g/mol. The average Bonchev–Trinajstić information content (AvgIpc) is 2.82. The van der Waals surface area contributed by atoms with E-state index in [9.17, 15) is 4.79 Å². The molecule has 0 amide bonds. The van der Waals surface area contributed by atoms with Gasteiger partial charge >= 0.3 is 5.97 Å². The molecule has 88 valence electrons. The number of hydrogen-bond acceptors (Lipinski definition) is 5. The van der Waals surface area contributed by atoms with E-state index in [0.717, 1.165) is 10.6 Å². The number of aromatic nitrogens is 1. The molecule has 1 heterocycles. The third-order valence-corrected chi connectivity index (χ3v) is 3.11. The molecule has 17 heavy (non-hydrogen) atoms. The van der Waals surface area contributed by atoms with Crippen molar-refractivity contribution in [3.05, 3.63) is 45.9 Å². The summed E-state index contributed by atoms with van der Waals surface area (Å²) in [7, 11) is 0. The van der Waals surface area contributed by atoms with Crippen molar-refractivity contribution in [2.24, 2.45) is 0 Å². The van der Waals surface area contributed by atoms with Crippen molar-refractivity contribution >= 4 is 23.0 Å². The van der Waals surface area contributed by atoms with Gasteiger partial charge in [-0.2, -0.15) is 0 Å². The van der Waals surface area contributed by atoms with Crippen LogP contribution in [0, 0.1) is 6.92 Å². The number of rotatable bonds is 3. The minimum Gasteiger partial charge on any atom is -0.455 e. The number of carbonyl (C=O) groups is 1. The molecule has 0 saturated carbocycles. The zero-order valence-electron chi connectivity index (χ0n) is 9.34. The van der Waals surface area contributed by atoms with Crippen LogP contribution < -0.4 is 5.73 Å². The summed E-state index contributed by atoms with van der Waals surface area (Å²) in [5.74, 6) is -0.415. The molecule has 0 aliphatic rings. The molecule has 1 aromatic carbocycles. The van der Waals surface area contributed by atoms with Gasteiger partial charge in [0.25, 0.3) is 0 Å². The number of thiazole rings is 1. The summed E-state index contributed by atoms with van der Waals surface area (Å²) in [5.41, 5.74) is 7.56. The van der Waals surface area contributed by atoms with Gasteiger partial charge < -0.3 is 10.5 Å². The molecule has 0 bridgehead atoms. The summed E-state index contributed by atoms with van der Waals surface area (Å²) in [4.78, 5) is 15.8. The molecule has 0 radical (unpaired) electrons. The lowest BCUT2D eigenvalue weighted by molar-refractivity contribution is 0.0473. The van der Waals surface area contributed by atoms with Crippen LogP contribution in [0.1, 0.15) is 20.9 Å². The predicted octanol–water partition coefficient (Wildman–Crippen LogP) is 2.39. The van der Waals surface area contributed by atoms with Crippen molar-refractivity contribution in [3.63, 3.8) is 0 Å². The molecule has 4 nitrogen and oxygen atoms in total. The van der Waals surface area contributed by atoms with Crippen molar-refractivity contribution in [1.29, 1.82) is 0 Å². The number of esters is 1. The fraction of sp³-hybridized carbons (Fsp3) is 0.167. The molecule has 0 aliphatic carbocycles. The fourth-order valence-corrected chi connectivity index (χ4v) is 1.92. The Morgan fingerprint density at radius 2 is 2.35 bits per heavy atom. The third kappa shape index (κ3) is 2.62. The molecule has 2 rings (SSSR count). The second-order valence-corrected chi connectivity index (χ2v) is 4.52. The molecule has 0 aliphatic heterocycles. The first-order valence-corrected chi connectivity index (χ1v) is 5.97. The van der Waals surface area contributed by atoms with Crippen LogP contribution in [0.3, 0.4) is 0 Å². The number of nitrogens with zero attached hydrogens (tertiary/aromatic N) is 1. The van der Waals surface area contributed by atoms with Crippen LogP contribution in [0.5, 0.6) is 0 Å². The Labute approximate surface area is 103 Å². The quantitative estimate of drug-likeness (QED) is 0.669. The summed E-state index contributed by atoms with van der Waals surface area (Å²) in [5, 5.41) is 2.61. The van der Waals surface area contributed by atoms with Crippen molar-refractivity contribution in [2.45, 2.75) is 13.5 Å². The van der Waals surface area contributed by atoms with Crippen LogP contribution in [0.4, 0.5) is 5.69 Å². The Morgan fingerprint density at radius 1 is 1.53 bits per heavy atom. The largest absolute Gasteiger partial charge is 0.455 e. The normalized spacial score (nSPS) is 10.2. The number of ether oxygens (including phenoxy) is 1. The topological polar surface area (TPSA) is 65.2 Å². The fourth-order valence-electron chi connectivity index (χ4n) is 1.39. The smallest absolute Gasteiger partial charge is 0.340 e. The molecular weight excluding hydrogens is 236 g/mol. The molecular formula is C12H12N2O2S. The van der Waals surface area contributed by atoms with Gasteiger partial charge in [-0.1, -0.05) is 12.1 Å². The minimum atomic E-state index is -0.415. The van der Waals surface area contributed by atoms with Gasteiger partial charge in [-0.05, 0) is 18.6 Å². The predicted molar refractivity (Wildman–Crippen MR) is 66.8 cm³/mol. The van der Waals surface area contributed by atoms with Gasteiger partial charge in [0.15, 0.2) is 0 Å². The number of carbonyl (C=O) groups excluding carboxylic acids is 1. The van der Waals surface area contributed by atoms with Crippen LogP contribution in [0.25, 0.3) is 0 Å².